The van der Waals surface area contributed by atoms with Crippen molar-refractivity contribution in [1.82, 2.24) is 5.32 Å². The third-order valence-electron chi connectivity index (χ3n) is 2.72. The van der Waals surface area contributed by atoms with E-state index in [-0.39, 0.29) is 0 Å². The van der Waals surface area contributed by atoms with Gasteiger partial charge in [-0.2, -0.15) is 0 Å². The highest BCUT2D eigenvalue weighted by Crippen LogP contribution is 2.05. The topological polar surface area (TPSA) is 58.3 Å². The van der Waals surface area contributed by atoms with Crippen LogP contribution in [0.15, 0.2) is 30.3 Å². The van der Waals surface area contributed by atoms with Crippen molar-refractivity contribution in [2.45, 2.75) is 38.3 Å². The van der Waals surface area contributed by atoms with Crippen molar-refractivity contribution >= 4 is 0 Å². The molecule has 0 saturated heterocycles. The van der Waals surface area contributed by atoms with Crippen LogP contribution < -0.4 is 11.1 Å². The highest BCUT2D eigenvalue weighted by Gasteiger charge is 2.10. The van der Waals surface area contributed by atoms with E-state index in [4.69, 9.17) is 5.73 Å². The lowest BCUT2D eigenvalue weighted by Gasteiger charge is -2.16. The summed E-state index contributed by atoms with van der Waals surface area (Å²) in [5.41, 5.74) is 5.84. The van der Waals surface area contributed by atoms with Gasteiger partial charge in [0.2, 0.25) is 0 Å². The molecule has 1 aromatic carbocycles. The molecule has 0 aliphatic carbocycles. The number of nitrogens with two attached hydrogens (primary N) is 1. The number of unbranched alkanes of at least 4 members (excludes halogenated alkanes) is 1. The van der Waals surface area contributed by atoms with Gasteiger partial charge in [-0.25, -0.2) is 0 Å². The van der Waals surface area contributed by atoms with Gasteiger partial charge in [-0.05, 0) is 51.3 Å². The summed E-state index contributed by atoms with van der Waals surface area (Å²) in [7, 11) is 0. The largest absolute Gasteiger partial charge is 0.376 e. The van der Waals surface area contributed by atoms with Crippen LogP contribution in [-0.2, 0) is 6.42 Å². The fraction of sp³-hybridized carbons (Fsp3) is 0.571. The van der Waals surface area contributed by atoms with Gasteiger partial charge in [0.15, 0.2) is 0 Å². The second-order valence-corrected chi connectivity index (χ2v) is 4.80. The minimum atomic E-state index is -1.01. The van der Waals surface area contributed by atoms with Crippen LogP contribution in [0.1, 0.15) is 31.7 Å². The molecule has 0 aromatic heterocycles. The molecule has 0 aliphatic rings. The Labute approximate surface area is 104 Å². The lowest BCUT2D eigenvalue weighted by Crippen LogP contribution is -2.35. The van der Waals surface area contributed by atoms with Gasteiger partial charge in [0.05, 0.1) is 0 Å². The van der Waals surface area contributed by atoms with E-state index in [0.717, 1.165) is 32.4 Å². The zero-order valence-electron chi connectivity index (χ0n) is 10.7. The molecule has 17 heavy (non-hydrogen) atoms. The van der Waals surface area contributed by atoms with Crippen molar-refractivity contribution in [3.05, 3.63) is 35.9 Å². The molecule has 1 unspecified atom stereocenters. The molecule has 0 aliphatic heterocycles. The van der Waals surface area contributed by atoms with E-state index in [1.807, 2.05) is 6.07 Å². The third kappa shape index (κ3) is 7.91. The zero-order chi connectivity index (χ0) is 12.6. The molecule has 0 amide bonds. The highest BCUT2D eigenvalue weighted by atomic mass is 16.3. The van der Waals surface area contributed by atoms with Crippen LogP contribution in [0.5, 0.6) is 0 Å². The average Bonchev–Trinajstić information content (AvgIpc) is 2.28. The molecule has 1 atom stereocenters. The first-order chi connectivity index (χ1) is 8.08. The van der Waals surface area contributed by atoms with Crippen LogP contribution in [-0.4, -0.2) is 23.9 Å². The summed E-state index contributed by atoms with van der Waals surface area (Å²) in [6, 6.07) is 10.5. The van der Waals surface area contributed by atoms with Gasteiger partial charge in [0.25, 0.3) is 0 Å². The molecular weight excluding hydrogens is 212 g/mol. The summed E-state index contributed by atoms with van der Waals surface area (Å²) >= 11 is 0. The number of hydrogen-bond donors (Lipinski definition) is 3. The maximum Gasteiger partial charge on any atom is 0.110 e. The standard InChI is InChI=1S/C14H24N2O/c1-14(15,17)10-5-6-11-16-12-9-13-7-3-2-4-8-13/h2-4,7-8,16-17H,5-6,9-12,15H2,1H3. The summed E-state index contributed by atoms with van der Waals surface area (Å²) in [5.74, 6) is 0. The van der Waals surface area contributed by atoms with Crippen LogP contribution in [0.4, 0.5) is 0 Å². The quantitative estimate of drug-likeness (QED) is 0.475. The van der Waals surface area contributed by atoms with Gasteiger partial charge in [-0.1, -0.05) is 30.3 Å². The maximum absolute atomic E-state index is 9.33. The molecule has 1 rings (SSSR count). The van der Waals surface area contributed by atoms with Crippen molar-refractivity contribution < 1.29 is 5.11 Å². The Kier molecular flexibility index (Phi) is 6.19. The maximum atomic E-state index is 9.33. The third-order valence-corrected chi connectivity index (χ3v) is 2.72. The van der Waals surface area contributed by atoms with E-state index in [9.17, 15) is 5.11 Å². The summed E-state index contributed by atoms with van der Waals surface area (Å²) in [5, 5.41) is 12.7. The van der Waals surface area contributed by atoms with Crippen molar-refractivity contribution in [2.75, 3.05) is 13.1 Å². The normalized spacial score (nSPS) is 14.5. The van der Waals surface area contributed by atoms with Crippen LogP contribution in [0.2, 0.25) is 0 Å². The number of aliphatic hydroxyl groups is 1. The molecule has 0 fully saturated rings. The van der Waals surface area contributed by atoms with Crippen LogP contribution >= 0.6 is 0 Å². The Hall–Kier alpha value is -0.900. The van der Waals surface area contributed by atoms with E-state index >= 15 is 0 Å². The summed E-state index contributed by atoms with van der Waals surface area (Å²) < 4.78 is 0. The Morgan fingerprint density at radius 1 is 1.18 bits per heavy atom. The molecule has 0 heterocycles. The van der Waals surface area contributed by atoms with Gasteiger partial charge < -0.3 is 16.2 Å². The van der Waals surface area contributed by atoms with Crippen LogP contribution in [0.3, 0.4) is 0 Å². The highest BCUT2D eigenvalue weighted by molar-refractivity contribution is 5.14. The number of rotatable bonds is 8. The lowest BCUT2D eigenvalue weighted by atomic mass is 10.1. The molecule has 3 heteroatoms. The first-order valence-corrected chi connectivity index (χ1v) is 6.34. The summed E-state index contributed by atoms with van der Waals surface area (Å²) in [6.07, 6.45) is 3.74. The molecule has 0 bridgehead atoms. The van der Waals surface area contributed by atoms with Crippen molar-refractivity contribution in [3.63, 3.8) is 0 Å². The molecule has 0 saturated carbocycles. The van der Waals surface area contributed by atoms with Crippen molar-refractivity contribution in [1.29, 1.82) is 0 Å². The summed E-state index contributed by atoms with van der Waals surface area (Å²) in [6.45, 7) is 3.64. The molecule has 3 nitrogen and oxygen atoms in total. The fourth-order valence-corrected chi connectivity index (χ4v) is 1.74. The monoisotopic (exact) mass is 236 g/mol. The molecule has 0 radical (unpaired) electrons. The molecule has 1 aromatic rings. The van der Waals surface area contributed by atoms with E-state index in [1.165, 1.54) is 5.56 Å². The first kappa shape index (κ1) is 14.2. The van der Waals surface area contributed by atoms with Gasteiger partial charge in [0, 0.05) is 0 Å². The van der Waals surface area contributed by atoms with E-state index in [2.05, 4.69) is 29.6 Å². The van der Waals surface area contributed by atoms with E-state index < -0.39 is 5.72 Å². The molecule has 4 N–H and O–H groups in total. The first-order valence-electron chi connectivity index (χ1n) is 6.34. The number of hydrogen-bond acceptors (Lipinski definition) is 3. The fourth-order valence-electron chi connectivity index (χ4n) is 1.74. The number of benzene rings is 1. The lowest BCUT2D eigenvalue weighted by molar-refractivity contribution is 0.0552. The van der Waals surface area contributed by atoms with Gasteiger partial charge in [0.1, 0.15) is 5.72 Å². The average molecular weight is 236 g/mol. The second kappa shape index (κ2) is 7.43. The predicted octanol–water partition coefficient (Wildman–Crippen LogP) is 1.66. The van der Waals surface area contributed by atoms with Gasteiger partial charge in [-0.15, -0.1) is 0 Å². The Balaban J connectivity index is 1.95. The predicted molar refractivity (Wildman–Crippen MR) is 71.7 cm³/mol. The van der Waals surface area contributed by atoms with Gasteiger partial charge >= 0.3 is 0 Å². The molecule has 96 valence electrons. The van der Waals surface area contributed by atoms with E-state index in [0.29, 0.717) is 6.42 Å². The Morgan fingerprint density at radius 2 is 1.88 bits per heavy atom. The van der Waals surface area contributed by atoms with Gasteiger partial charge in [-0.3, -0.25) is 0 Å². The smallest absolute Gasteiger partial charge is 0.110 e. The Morgan fingerprint density at radius 3 is 2.53 bits per heavy atom. The van der Waals surface area contributed by atoms with Crippen molar-refractivity contribution in [2.24, 2.45) is 5.73 Å². The summed E-state index contributed by atoms with van der Waals surface area (Å²) in [4.78, 5) is 0. The number of nitrogens with one attached hydrogen (secondary N) is 1. The molecule has 0 spiro atoms. The Bertz CT molecular complexity index is 293. The zero-order valence-corrected chi connectivity index (χ0v) is 10.7. The van der Waals surface area contributed by atoms with Crippen molar-refractivity contribution in [3.8, 4) is 0 Å². The SMILES string of the molecule is CC(N)(O)CCCCNCCc1ccccc1. The minimum Gasteiger partial charge on any atom is -0.376 e. The second-order valence-electron chi connectivity index (χ2n) is 4.80. The van der Waals surface area contributed by atoms with E-state index in [1.54, 1.807) is 6.92 Å². The van der Waals surface area contributed by atoms with Crippen LogP contribution in [0.25, 0.3) is 0 Å². The van der Waals surface area contributed by atoms with Crippen LogP contribution in [0, 0.1) is 0 Å². The minimum absolute atomic E-state index is 0.660. The molecular formula is C14H24N2O.